The molecule has 0 aliphatic carbocycles. The van der Waals surface area contributed by atoms with E-state index in [9.17, 15) is 13.2 Å². The van der Waals surface area contributed by atoms with Gasteiger partial charge in [-0.3, -0.25) is 4.79 Å². The van der Waals surface area contributed by atoms with Gasteiger partial charge < -0.3 is 4.74 Å². The van der Waals surface area contributed by atoms with Crippen molar-refractivity contribution in [2.45, 2.75) is 56.9 Å². The molecular formula is C16H25NO4S. The van der Waals surface area contributed by atoms with Gasteiger partial charge in [0.05, 0.1) is 12.0 Å². The SMILES string of the molecule is CCCc1ccc(S(=O)(=O)N[C@@](C)(CCC)C(=O)OC)cc1. The average molecular weight is 327 g/mol. The van der Waals surface area contributed by atoms with E-state index >= 15 is 0 Å². The molecule has 0 aliphatic heterocycles. The van der Waals surface area contributed by atoms with Gasteiger partial charge in [0.2, 0.25) is 10.0 Å². The van der Waals surface area contributed by atoms with E-state index < -0.39 is 21.5 Å². The Hall–Kier alpha value is -1.40. The van der Waals surface area contributed by atoms with Gasteiger partial charge in [0.15, 0.2) is 0 Å². The zero-order chi connectivity index (χ0) is 16.8. The minimum atomic E-state index is -3.78. The number of sulfonamides is 1. The van der Waals surface area contributed by atoms with Gasteiger partial charge >= 0.3 is 5.97 Å². The molecule has 1 rings (SSSR count). The summed E-state index contributed by atoms with van der Waals surface area (Å²) in [6, 6.07) is 6.73. The number of esters is 1. The second kappa shape index (κ2) is 7.74. The van der Waals surface area contributed by atoms with Crippen LogP contribution in [0.25, 0.3) is 0 Å². The molecule has 0 fully saturated rings. The lowest BCUT2D eigenvalue weighted by molar-refractivity contribution is -0.147. The Balaban J connectivity index is 3.04. The summed E-state index contributed by atoms with van der Waals surface area (Å²) in [5.74, 6) is -0.583. The number of nitrogens with one attached hydrogen (secondary N) is 1. The molecule has 1 N–H and O–H groups in total. The molecular weight excluding hydrogens is 302 g/mol. The van der Waals surface area contributed by atoms with Crippen LogP contribution in [0.1, 0.15) is 45.6 Å². The van der Waals surface area contributed by atoms with E-state index in [2.05, 4.69) is 11.6 Å². The molecule has 0 radical (unpaired) electrons. The Morgan fingerprint density at radius 3 is 2.23 bits per heavy atom. The van der Waals surface area contributed by atoms with Crippen molar-refractivity contribution >= 4 is 16.0 Å². The highest BCUT2D eigenvalue weighted by Crippen LogP contribution is 2.20. The largest absolute Gasteiger partial charge is 0.468 e. The Kier molecular flexibility index (Phi) is 6.56. The molecule has 0 saturated heterocycles. The fourth-order valence-corrected chi connectivity index (χ4v) is 3.79. The van der Waals surface area contributed by atoms with Crippen LogP contribution in [0.2, 0.25) is 0 Å². The van der Waals surface area contributed by atoms with Gasteiger partial charge in [-0.1, -0.05) is 38.8 Å². The monoisotopic (exact) mass is 327 g/mol. The Labute approximate surface area is 133 Å². The number of carbonyl (C=O) groups is 1. The molecule has 5 nitrogen and oxygen atoms in total. The number of benzene rings is 1. The molecule has 22 heavy (non-hydrogen) atoms. The second-order valence-electron chi connectivity index (χ2n) is 5.57. The van der Waals surface area contributed by atoms with Gasteiger partial charge in [0.25, 0.3) is 0 Å². The second-order valence-corrected chi connectivity index (χ2v) is 7.26. The highest BCUT2D eigenvalue weighted by molar-refractivity contribution is 7.89. The van der Waals surface area contributed by atoms with Gasteiger partial charge in [-0.2, -0.15) is 4.72 Å². The van der Waals surface area contributed by atoms with Crippen molar-refractivity contribution in [3.8, 4) is 0 Å². The Morgan fingerprint density at radius 1 is 1.18 bits per heavy atom. The van der Waals surface area contributed by atoms with Crippen LogP contribution in [0.4, 0.5) is 0 Å². The van der Waals surface area contributed by atoms with Crippen LogP contribution in [-0.2, 0) is 26.0 Å². The summed E-state index contributed by atoms with van der Waals surface area (Å²) in [7, 11) is -2.52. The molecule has 0 aliphatic rings. The molecule has 0 aromatic heterocycles. The highest BCUT2D eigenvalue weighted by Gasteiger charge is 2.38. The first-order valence-corrected chi connectivity index (χ1v) is 8.98. The summed E-state index contributed by atoms with van der Waals surface area (Å²) < 4.78 is 32.2. The molecule has 1 aromatic rings. The van der Waals surface area contributed by atoms with Crippen molar-refractivity contribution < 1.29 is 17.9 Å². The number of carbonyl (C=O) groups excluding carboxylic acids is 1. The number of hydrogen-bond donors (Lipinski definition) is 1. The Bertz CT molecular complexity index is 595. The van der Waals surface area contributed by atoms with E-state index in [-0.39, 0.29) is 4.90 Å². The number of rotatable bonds is 8. The van der Waals surface area contributed by atoms with Crippen LogP contribution in [-0.4, -0.2) is 27.0 Å². The summed E-state index contributed by atoms with van der Waals surface area (Å²) in [6.45, 7) is 5.50. The maximum atomic E-state index is 12.5. The maximum Gasteiger partial charge on any atom is 0.326 e. The number of hydrogen-bond acceptors (Lipinski definition) is 4. The third-order valence-electron chi connectivity index (χ3n) is 3.52. The predicted molar refractivity (Wildman–Crippen MR) is 86.1 cm³/mol. The molecule has 6 heteroatoms. The molecule has 0 heterocycles. The molecule has 0 unspecified atom stereocenters. The van der Waals surface area contributed by atoms with Gasteiger partial charge in [-0.05, 0) is 37.5 Å². The molecule has 1 atom stereocenters. The lowest BCUT2D eigenvalue weighted by atomic mass is 9.98. The standard InChI is InChI=1S/C16H25NO4S/c1-5-7-13-8-10-14(11-9-13)22(19,20)17-16(3,12-6-2)15(18)21-4/h8-11,17H,5-7,12H2,1-4H3/t16-/m0/s1. The van der Waals surface area contributed by atoms with Crippen LogP contribution in [0.5, 0.6) is 0 Å². The molecule has 0 spiro atoms. The van der Waals surface area contributed by atoms with Crippen molar-refractivity contribution in [3.63, 3.8) is 0 Å². The fraction of sp³-hybridized carbons (Fsp3) is 0.562. The van der Waals surface area contributed by atoms with Crippen LogP contribution in [0, 0.1) is 0 Å². The first-order valence-electron chi connectivity index (χ1n) is 7.50. The summed E-state index contributed by atoms with van der Waals surface area (Å²) >= 11 is 0. The quantitative estimate of drug-likeness (QED) is 0.745. The van der Waals surface area contributed by atoms with Gasteiger partial charge in [0, 0.05) is 0 Å². The lowest BCUT2D eigenvalue weighted by Crippen LogP contribution is -2.52. The average Bonchev–Trinajstić information content (AvgIpc) is 2.47. The van der Waals surface area contributed by atoms with Crippen molar-refractivity contribution in [1.82, 2.24) is 4.72 Å². The lowest BCUT2D eigenvalue weighted by Gasteiger charge is -2.27. The normalized spacial score (nSPS) is 14.4. The van der Waals surface area contributed by atoms with E-state index in [0.717, 1.165) is 18.4 Å². The fourth-order valence-electron chi connectivity index (χ4n) is 2.40. The van der Waals surface area contributed by atoms with Gasteiger partial charge in [-0.25, -0.2) is 8.42 Å². The predicted octanol–water partition coefficient (Wildman–Crippen LogP) is 2.65. The molecule has 0 bridgehead atoms. The summed E-state index contributed by atoms with van der Waals surface area (Å²) in [5.41, 5.74) is -0.171. The van der Waals surface area contributed by atoms with E-state index in [1.165, 1.54) is 7.11 Å². The first kappa shape index (κ1) is 18.6. The van der Waals surface area contributed by atoms with Crippen LogP contribution < -0.4 is 4.72 Å². The number of ether oxygens (including phenoxy) is 1. The summed E-state index contributed by atoms with van der Waals surface area (Å²) in [4.78, 5) is 12.1. The highest BCUT2D eigenvalue weighted by atomic mass is 32.2. The minimum absolute atomic E-state index is 0.151. The maximum absolute atomic E-state index is 12.5. The Morgan fingerprint density at radius 2 is 1.77 bits per heavy atom. The van der Waals surface area contributed by atoms with Crippen molar-refractivity contribution in [3.05, 3.63) is 29.8 Å². The number of aryl methyl sites for hydroxylation is 1. The first-order chi connectivity index (χ1) is 10.3. The summed E-state index contributed by atoms with van der Waals surface area (Å²) in [5, 5.41) is 0. The zero-order valence-electron chi connectivity index (χ0n) is 13.7. The molecule has 0 saturated carbocycles. The van der Waals surface area contributed by atoms with Gasteiger partial charge in [0.1, 0.15) is 5.54 Å². The zero-order valence-corrected chi connectivity index (χ0v) is 14.5. The van der Waals surface area contributed by atoms with Crippen LogP contribution in [0.15, 0.2) is 29.2 Å². The van der Waals surface area contributed by atoms with Crippen LogP contribution in [0.3, 0.4) is 0 Å². The van der Waals surface area contributed by atoms with Crippen LogP contribution >= 0.6 is 0 Å². The van der Waals surface area contributed by atoms with E-state index in [4.69, 9.17) is 4.74 Å². The van der Waals surface area contributed by atoms with Crippen molar-refractivity contribution in [1.29, 1.82) is 0 Å². The van der Waals surface area contributed by atoms with Crippen molar-refractivity contribution in [2.75, 3.05) is 7.11 Å². The smallest absolute Gasteiger partial charge is 0.326 e. The topological polar surface area (TPSA) is 72.5 Å². The minimum Gasteiger partial charge on any atom is -0.468 e. The van der Waals surface area contributed by atoms with Crippen molar-refractivity contribution in [2.24, 2.45) is 0 Å². The number of methoxy groups -OCH3 is 1. The van der Waals surface area contributed by atoms with E-state index in [1.54, 1.807) is 31.2 Å². The summed E-state index contributed by atoms with van der Waals surface area (Å²) in [6.07, 6.45) is 2.93. The van der Waals surface area contributed by atoms with Gasteiger partial charge in [-0.15, -0.1) is 0 Å². The molecule has 0 amide bonds. The molecule has 124 valence electrons. The third kappa shape index (κ3) is 4.55. The van der Waals surface area contributed by atoms with E-state index in [1.807, 2.05) is 6.92 Å². The third-order valence-corrected chi connectivity index (χ3v) is 5.13. The van der Waals surface area contributed by atoms with E-state index in [0.29, 0.717) is 12.8 Å². The molecule has 1 aromatic carbocycles.